The number of allylic oxidation sites excluding steroid dienone is 1. The molecule has 8 heteroatoms. The number of fused-ring (bicyclic) bond motifs is 2. The molecule has 36 heavy (non-hydrogen) atoms. The van der Waals surface area contributed by atoms with Gasteiger partial charge in [-0.3, -0.25) is 9.59 Å². The Morgan fingerprint density at radius 2 is 1.53 bits per heavy atom. The van der Waals surface area contributed by atoms with Gasteiger partial charge in [-0.25, -0.2) is 0 Å². The summed E-state index contributed by atoms with van der Waals surface area (Å²) in [5.74, 6) is -1.35. The van der Waals surface area contributed by atoms with Gasteiger partial charge >= 0.3 is 0 Å². The van der Waals surface area contributed by atoms with Crippen LogP contribution in [0.25, 0.3) is 16.7 Å². The number of methoxy groups -OCH3 is 3. The van der Waals surface area contributed by atoms with Crippen LogP contribution in [0.5, 0.6) is 17.2 Å². The van der Waals surface area contributed by atoms with Crippen LogP contribution >= 0.6 is 15.9 Å². The summed E-state index contributed by atoms with van der Waals surface area (Å²) >= 11 is 3.52. The van der Waals surface area contributed by atoms with Gasteiger partial charge in [0.15, 0.2) is 11.5 Å². The minimum atomic E-state index is -0.827. The number of aliphatic hydroxyl groups is 1. The molecular formula is C28H22BrNO6. The molecule has 1 aromatic heterocycles. The third-order valence-corrected chi connectivity index (χ3v) is 6.92. The number of ketones is 2. The highest BCUT2D eigenvalue weighted by atomic mass is 79.9. The molecule has 0 spiro atoms. The molecule has 1 heterocycles. The number of halogens is 1. The van der Waals surface area contributed by atoms with E-state index in [0.717, 1.165) is 15.4 Å². The van der Waals surface area contributed by atoms with Gasteiger partial charge in [-0.2, -0.15) is 0 Å². The van der Waals surface area contributed by atoms with E-state index in [1.807, 2.05) is 18.2 Å². The normalized spacial score (nSPS) is 14.1. The number of rotatable bonds is 6. The van der Waals surface area contributed by atoms with Crippen LogP contribution in [0, 0.1) is 0 Å². The minimum absolute atomic E-state index is 0.0196. The molecule has 0 fully saturated rings. The Hall–Kier alpha value is -4.04. The number of aromatic amines is 1. The Balaban J connectivity index is 1.87. The Morgan fingerprint density at radius 3 is 2.17 bits per heavy atom. The van der Waals surface area contributed by atoms with Crippen molar-refractivity contribution in [1.82, 2.24) is 4.98 Å². The van der Waals surface area contributed by atoms with E-state index in [1.165, 1.54) is 21.3 Å². The zero-order chi connectivity index (χ0) is 25.6. The fraction of sp³-hybridized carbons (Fsp3) is 0.143. The maximum Gasteiger partial charge on any atom is 0.234 e. The van der Waals surface area contributed by atoms with Crippen molar-refractivity contribution in [2.75, 3.05) is 21.3 Å². The van der Waals surface area contributed by atoms with Gasteiger partial charge in [0.2, 0.25) is 17.3 Å². The van der Waals surface area contributed by atoms with Crippen LogP contribution in [0.4, 0.5) is 0 Å². The third kappa shape index (κ3) is 3.65. The lowest BCUT2D eigenvalue weighted by atomic mass is 9.76. The highest BCUT2D eigenvalue weighted by molar-refractivity contribution is 9.10. The van der Waals surface area contributed by atoms with Crippen molar-refractivity contribution in [3.05, 3.63) is 93.1 Å². The summed E-state index contributed by atoms with van der Waals surface area (Å²) in [5.41, 5.74) is 2.58. The van der Waals surface area contributed by atoms with Gasteiger partial charge < -0.3 is 24.3 Å². The van der Waals surface area contributed by atoms with Crippen molar-refractivity contribution in [2.45, 2.75) is 5.92 Å². The Labute approximate surface area is 215 Å². The van der Waals surface area contributed by atoms with E-state index < -0.39 is 17.5 Å². The van der Waals surface area contributed by atoms with Gasteiger partial charge in [-0.05, 0) is 41.5 Å². The Kier molecular flexibility index (Phi) is 6.05. The lowest BCUT2D eigenvalue weighted by Gasteiger charge is -2.26. The number of aliphatic hydroxyl groups excluding tert-OH is 1. The molecule has 1 unspecified atom stereocenters. The van der Waals surface area contributed by atoms with Crippen molar-refractivity contribution in [2.24, 2.45) is 0 Å². The van der Waals surface area contributed by atoms with E-state index in [4.69, 9.17) is 14.2 Å². The average molecular weight is 548 g/mol. The van der Waals surface area contributed by atoms with E-state index in [-0.39, 0.29) is 16.9 Å². The molecule has 1 aliphatic rings. The summed E-state index contributed by atoms with van der Waals surface area (Å²) in [6.07, 6.45) is 1.78. The van der Waals surface area contributed by atoms with Crippen LogP contribution in [-0.2, 0) is 4.79 Å². The smallest absolute Gasteiger partial charge is 0.234 e. The van der Waals surface area contributed by atoms with Crippen LogP contribution in [0.1, 0.15) is 33.0 Å². The maximum absolute atomic E-state index is 13.6. The van der Waals surface area contributed by atoms with Gasteiger partial charge in [-0.15, -0.1) is 0 Å². The standard InChI is InChI=1S/C28H22BrNO6/c1-34-21-10-14(11-22(35-2)28(21)36-3)23(19-13-30-20-9-8-15(29)12-18(19)20)24-25(31)16-6-4-5-7-17(16)26(32)27(24)33/h4-13,23,30-31H,1-3H3. The topological polar surface area (TPSA) is 97.9 Å². The van der Waals surface area contributed by atoms with Crippen molar-refractivity contribution in [3.63, 3.8) is 0 Å². The zero-order valence-electron chi connectivity index (χ0n) is 19.7. The zero-order valence-corrected chi connectivity index (χ0v) is 21.3. The number of hydrogen-bond acceptors (Lipinski definition) is 6. The Bertz CT molecular complexity index is 1540. The number of H-pyrrole nitrogens is 1. The summed E-state index contributed by atoms with van der Waals surface area (Å²) < 4.78 is 17.4. The van der Waals surface area contributed by atoms with E-state index in [1.54, 1.807) is 42.6 Å². The lowest BCUT2D eigenvalue weighted by Crippen LogP contribution is -2.28. The van der Waals surface area contributed by atoms with Crippen LogP contribution in [0.3, 0.4) is 0 Å². The predicted octanol–water partition coefficient (Wildman–Crippen LogP) is 5.82. The molecule has 7 nitrogen and oxygen atoms in total. The molecule has 0 radical (unpaired) electrons. The number of carbonyl (C=O) groups excluding carboxylic acids is 2. The minimum Gasteiger partial charge on any atom is -0.507 e. The molecule has 5 rings (SSSR count). The summed E-state index contributed by atoms with van der Waals surface area (Å²) in [7, 11) is 4.51. The maximum atomic E-state index is 13.6. The van der Waals surface area contributed by atoms with Crippen LogP contribution in [0.15, 0.2) is 70.8 Å². The molecule has 0 bridgehead atoms. The van der Waals surface area contributed by atoms with Crippen molar-refractivity contribution in [1.29, 1.82) is 0 Å². The van der Waals surface area contributed by atoms with Gasteiger partial charge in [0, 0.05) is 38.6 Å². The molecule has 0 aliphatic heterocycles. The lowest BCUT2D eigenvalue weighted by molar-refractivity contribution is -0.112. The first-order chi connectivity index (χ1) is 17.4. The fourth-order valence-corrected chi connectivity index (χ4v) is 5.14. The quantitative estimate of drug-likeness (QED) is 0.295. The first kappa shape index (κ1) is 23.7. The number of nitrogens with one attached hydrogen (secondary N) is 1. The molecule has 1 aliphatic carbocycles. The second kappa shape index (κ2) is 9.20. The summed E-state index contributed by atoms with van der Waals surface area (Å²) in [5, 5.41) is 12.2. The van der Waals surface area contributed by atoms with Crippen LogP contribution in [-0.4, -0.2) is 43.0 Å². The van der Waals surface area contributed by atoms with Crippen molar-refractivity contribution < 1.29 is 28.9 Å². The molecule has 2 N–H and O–H groups in total. The second-order valence-corrected chi connectivity index (χ2v) is 9.21. The molecular weight excluding hydrogens is 526 g/mol. The van der Waals surface area contributed by atoms with E-state index in [9.17, 15) is 14.7 Å². The molecule has 0 amide bonds. The first-order valence-corrected chi connectivity index (χ1v) is 11.9. The monoisotopic (exact) mass is 547 g/mol. The highest BCUT2D eigenvalue weighted by Crippen LogP contribution is 2.47. The average Bonchev–Trinajstić information content (AvgIpc) is 3.31. The van der Waals surface area contributed by atoms with Gasteiger partial charge in [0.25, 0.3) is 0 Å². The predicted molar refractivity (Wildman–Crippen MR) is 139 cm³/mol. The number of aromatic nitrogens is 1. The largest absolute Gasteiger partial charge is 0.507 e. The summed E-state index contributed by atoms with van der Waals surface area (Å²) in [4.78, 5) is 30.0. The fourth-order valence-electron chi connectivity index (χ4n) is 4.78. The van der Waals surface area contributed by atoms with E-state index >= 15 is 0 Å². The number of carbonyl (C=O) groups is 2. The Morgan fingerprint density at radius 1 is 0.861 bits per heavy atom. The summed E-state index contributed by atoms with van der Waals surface area (Å²) in [6, 6.07) is 15.7. The van der Waals surface area contributed by atoms with Crippen molar-refractivity contribution >= 4 is 44.2 Å². The molecule has 4 aromatic rings. The van der Waals surface area contributed by atoms with Crippen LogP contribution in [0.2, 0.25) is 0 Å². The third-order valence-electron chi connectivity index (χ3n) is 6.43. The van der Waals surface area contributed by atoms with Crippen LogP contribution < -0.4 is 14.2 Å². The van der Waals surface area contributed by atoms with Gasteiger partial charge in [0.05, 0.1) is 26.9 Å². The number of ether oxygens (including phenoxy) is 3. The van der Waals surface area contributed by atoms with E-state index in [2.05, 4.69) is 20.9 Å². The van der Waals surface area contributed by atoms with Gasteiger partial charge in [-0.1, -0.05) is 40.2 Å². The first-order valence-electron chi connectivity index (χ1n) is 11.1. The summed E-state index contributed by atoms with van der Waals surface area (Å²) in [6.45, 7) is 0. The molecule has 1 atom stereocenters. The molecule has 0 saturated carbocycles. The molecule has 0 saturated heterocycles. The number of hydrogen-bond donors (Lipinski definition) is 2. The number of benzene rings is 3. The second-order valence-electron chi connectivity index (χ2n) is 8.29. The SMILES string of the molecule is COc1cc(C(C2=C(O)c3ccccc3C(=O)C2=O)c2c[nH]c3ccc(Br)cc23)cc(OC)c1OC. The van der Waals surface area contributed by atoms with Crippen molar-refractivity contribution in [3.8, 4) is 17.2 Å². The molecule has 3 aromatic carbocycles. The van der Waals surface area contributed by atoms with E-state index in [0.29, 0.717) is 33.9 Å². The van der Waals surface area contributed by atoms with Gasteiger partial charge in [0.1, 0.15) is 5.76 Å². The number of Topliss-reactive ketones (excluding diaryl/α,β-unsaturated/α-hetero) is 2. The highest BCUT2D eigenvalue weighted by Gasteiger charge is 2.39. The molecule has 182 valence electrons.